The first-order valence-corrected chi connectivity index (χ1v) is 5.60. The number of aromatic hydroxyl groups is 1. The van der Waals surface area contributed by atoms with Gasteiger partial charge in [0.2, 0.25) is 0 Å². The van der Waals surface area contributed by atoms with Crippen molar-refractivity contribution in [1.29, 1.82) is 0 Å². The number of halogens is 1. The third-order valence-corrected chi connectivity index (χ3v) is 2.93. The maximum atomic E-state index is 9.87. The van der Waals surface area contributed by atoms with Gasteiger partial charge in [-0.25, -0.2) is 0 Å². The van der Waals surface area contributed by atoms with Crippen LogP contribution in [0.25, 0.3) is 22.1 Å². The van der Waals surface area contributed by atoms with Gasteiger partial charge in [0.15, 0.2) is 0 Å². The molecule has 1 aromatic heterocycles. The van der Waals surface area contributed by atoms with E-state index >= 15 is 0 Å². The Morgan fingerprint density at radius 3 is 2.53 bits per heavy atom. The van der Waals surface area contributed by atoms with Crippen LogP contribution >= 0.6 is 11.6 Å². The SMILES string of the molecule is Oc1oc2ccc(Cl)cc2c1-c1ccccc1. The fraction of sp³-hybridized carbons (Fsp3) is 0. The Morgan fingerprint density at radius 1 is 1.00 bits per heavy atom. The highest BCUT2D eigenvalue weighted by Gasteiger charge is 2.15. The highest BCUT2D eigenvalue weighted by Crippen LogP contribution is 2.39. The van der Waals surface area contributed by atoms with E-state index in [4.69, 9.17) is 16.0 Å². The second-order valence-corrected chi connectivity index (χ2v) is 4.23. The van der Waals surface area contributed by atoms with Gasteiger partial charge in [0.05, 0.1) is 5.56 Å². The molecule has 0 radical (unpaired) electrons. The zero-order valence-corrected chi connectivity index (χ0v) is 9.61. The van der Waals surface area contributed by atoms with Crippen LogP contribution in [0, 0.1) is 0 Å². The van der Waals surface area contributed by atoms with Gasteiger partial charge in [-0.15, -0.1) is 0 Å². The van der Waals surface area contributed by atoms with Crippen LogP contribution in [0.5, 0.6) is 5.95 Å². The molecule has 0 aliphatic carbocycles. The van der Waals surface area contributed by atoms with Crippen molar-refractivity contribution in [2.24, 2.45) is 0 Å². The molecular formula is C14H9ClO2. The molecule has 0 aliphatic rings. The predicted octanol–water partition coefficient (Wildman–Crippen LogP) is 4.46. The molecule has 0 unspecified atom stereocenters. The number of hydrogen-bond donors (Lipinski definition) is 1. The lowest BCUT2D eigenvalue weighted by atomic mass is 10.0. The molecule has 84 valence electrons. The molecule has 3 aromatic rings. The Hall–Kier alpha value is -1.93. The quantitative estimate of drug-likeness (QED) is 0.686. The Kier molecular flexibility index (Phi) is 2.30. The zero-order valence-electron chi connectivity index (χ0n) is 8.85. The van der Waals surface area contributed by atoms with Crippen LogP contribution in [-0.4, -0.2) is 5.11 Å². The van der Waals surface area contributed by atoms with Gasteiger partial charge in [-0.05, 0) is 23.8 Å². The molecule has 0 bridgehead atoms. The van der Waals surface area contributed by atoms with E-state index < -0.39 is 0 Å². The Balaban J connectivity index is 2.35. The summed E-state index contributed by atoms with van der Waals surface area (Å²) in [5, 5.41) is 11.3. The summed E-state index contributed by atoms with van der Waals surface area (Å²) in [6.07, 6.45) is 0. The summed E-state index contributed by atoms with van der Waals surface area (Å²) in [5.41, 5.74) is 2.22. The van der Waals surface area contributed by atoms with E-state index in [1.165, 1.54) is 0 Å². The molecule has 2 nitrogen and oxygen atoms in total. The number of furan rings is 1. The minimum atomic E-state index is -0.0755. The molecule has 0 fully saturated rings. The molecule has 1 N–H and O–H groups in total. The molecule has 3 rings (SSSR count). The second kappa shape index (κ2) is 3.82. The summed E-state index contributed by atoms with van der Waals surface area (Å²) in [6.45, 7) is 0. The average molecular weight is 245 g/mol. The molecule has 0 saturated carbocycles. The third-order valence-electron chi connectivity index (χ3n) is 2.69. The normalized spacial score (nSPS) is 10.9. The fourth-order valence-corrected chi connectivity index (χ4v) is 2.11. The fourth-order valence-electron chi connectivity index (χ4n) is 1.94. The summed E-state index contributed by atoms with van der Waals surface area (Å²) < 4.78 is 5.31. The van der Waals surface area contributed by atoms with Gasteiger partial charge < -0.3 is 9.52 Å². The highest BCUT2D eigenvalue weighted by atomic mass is 35.5. The monoisotopic (exact) mass is 244 g/mol. The molecular weight excluding hydrogens is 236 g/mol. The van der Waals surface area contributed by atoms with E-state index in [1.54, 1.807) is 18.2 Å². The number of fused-ring (bicyclic) bond motifs is 1. The van der Waals surface area contributed by atoms with Gasteiger partial charge in [0, 0.05) is 10.4 Å². The first-order chi connectivity index (χ1) is 8.25. The van der Waals surface area contributed by atoms with Crippen LogP contribution in [-0.2, 0) is 0 Å². The molecule has 0 amide bonds. The molecule has 3 heteroatoms. The smallest absolute Gasteiger partial charge is 0.291 e. The molecule has 0 saturated heterocycles. The van der Waals surface area contributed by atoms with Gasteiger partial charge in [0.25, 0.3) is 5.95 Å². The second-order valence-electron chi connectivity index (χ2n) is 3.79. The number of benzene rings is 2. The molecule has 17 heavy (non-hydrogen) atoms. The lowest BCUT2D eigenvalue weighted by Crippen LogP contribution is -1.75. The topological polar surface area (TPSA) is 33.4 Å². The maximum Gasteiger partial charge on any atom is 0.291 e. The van der Waals surface area contributed by atoms with E-state index in [1.807, 2.05) is 30.3 Å². The summed E-state index contributed by atoms with van der Waals surface area (Å²) >= 11 is 5.96. The Bertz CT molecular complexity index is 671. The van der Waals surface area contributed by atoms with E-state index in [9.17, 15) is 5.11 Å². The Morgan fingerprint density at radius 2 is 1.76 bits per heavy atom. The third kappa shape index (κ3) is 1.67. The van der Waals surface area contributed by atoms with Crippen LogP contribution < -0.4 is 0 Å². The Labute approximate surface area is 103 Å². The van der Waals surface area contributed by atoms with E-state index in [-0.39, 0.29) is 5.95 Å². The van der Waals surface area contributed by atoms with E-state index in [2.05, 4.69) is 0 Å². The van der Waals surface area contributed by atoms with Gasteiger partial charge in [-0.1, -0.05) is 41.9 Å². The van der Waals surface area contributed by atoms with Crippen molar-refractivity contribution in [2.75, 3.05) is 0 Å². The molecule has 2 aromatic carbocycles. The first kappa shape index (κ1) is 10.2. The van der Waals surface area contributed by atoms with Crippen LogP contribution in [0.3, 0.4) is 0 Å². The molecule has 0 spiro atoms. The molecule has 0 aliphatic heterocycles. The molecule has 1 heterocycles. The lowest BCUT2D eigenvalue weighted by molar-refractivity contribution is 0.348. The van der Waals surface area contributed by atoms with Crippen molar-refractivity contribution in [3.8, 4) is 17.1 Å². The van der Waals surface area contributed by atoms with Gasteiger partial charge in [-0.3, -0.25) is 0 Å². The highest BCUT2D eigenvalue weighted by molar-refractivity contribution is 6.31. The van der Waals surface area contributed by atoms with E-state index in [0.29, 0.717) is 16.2 Å². The van der Waals surface area contributed by atoms with Crippen molar-refractivity contribution in [1.82, 2.24) is 0 Å². The van der Waals surface area contributed by atoms with Crippen LogP contribution in [0.15, 0.2) is 52.9 Å². The van der Waals surface area contributed by atoms with Gasteiger partial charge in [0.1, 0.15) is 5.58 Å². The van der Waals surface area contributed by atoms with Crippen molar-refractivity contribution in [3.63, 3.8) is 0 Å². The van der Waals surface area contributed by atoms with Crippen LogP contribution in [0.4, 0.5) is 0 Å². The van der Waals surface area contributed by atoms with Crippen LogP contribution in [0.1, 0.15) is 0 Å². The largest absolute Gasteiger partial charge is 0.480 e. The zero-order chi connectivity index (χ0) is 11.8. The first-order valence-electron chi connectivity index (χ1n) is 5.22. The van der Waals surface area contributed by atoms with E-state index in [0.717, 1.165) is 10.9 Å². The summed E-state index contributed by atoms with van der Waals surface area (Å²) in [6, 6.07) is 14.9. The number of hydrogen-bond acceptors (Lipinski definition) is 2. The van der Waals surface area contributed by atoms with Crippen LogP contribution in [0.2, 0.25) is 5.02 Å². The standard InChI is InChI=1S/C14H9ClO2/c15-10-6-7-12-11(8-10)13(14(16)17-12)9-4-2-1-3-5-9/h1-8,16H. The predicted molar refractivity (Wildman–Crippen MR) is 68.3 cm³/mol. The molecule has 0 atom stereocenters. The van der Waals surface area contributed by atoms with Gasteiger partial charge in [-0.2, -0.15) is 0 Å². The maximum absolute atomic E-state index is 9.87. The average Bonchev–Trinajstić information content (AvgIpc) is 2.65. The van der Waals surface area contributed by atoms with Crippen molar-refractivity contribution >= 4 is 22.6 Å². The summed E-state index contributed by atoms with van der Waals surface area (Å²) in [5.74, 6) is -0.0755. The van der Waals surface area contributed by atoms with Crippen molar-refractivity contribution in [3.05, 3.63) is 53.6 Å². The minimum Gasteiger partial charge on any atom is -0.480 e. The van der Waals surface area contributed by atoms with Crippen molar-refractivity contribution < 1.29 is 9.52 Å². The lowest BCUT2D eigenvalue weighted by Gasteiger charge is -1.98. The summed E-state index contributed by atoms with van der Waals surface area (Å²) in [4.78, 5) is 0. The number of rotatable bonds is 1. The summed E-state index contributed by atoms with van der Waals surface area (Å²) in [7, 11) is 0. The minimum absolute atomic E-state index is 0.0755. The van der Waals surface area contributed by atoms with Crippen molar-refractivity contribution in [2.45, 2.75) is 0 Å². The van der Waals surface area contributed by atoms with Gasteiger partial charge >= 0.3 is 0 Å².